The number of aliphatic hydroxyl groups excluding tert-OH is 1. The van der Waals surface area contributed by atoms with Crippen molar-refractivity contribution in [2.24, 2.45) is 11.8 Å². The zero-order valence-corrected chi connectivity index (χ0v) is 9.61. The van der Waals surface area contributed by atoms with Crippen molar-refractivity contribution >= 4 is 22.6 Å². The summed E-state index contributed by atoms with van der Waals surface area (Å²) in [6.45, 7) is 4.31. The van der Waals surface area contributed by atoms with Crippen molar-refractivity contribution in [2.45, 2.75) is 42.5 Å². The van der Waals surface area contributed by atoms with Crippen molar-refractivity contribution in [3.8, 4) is 0 Å². The molecular formula is C9H15IO2. The summed E-state index contributed by atoms with van der Waals surface area (Å²) in [5.41, 5.74) is 0. The van der Waals surface area contributed by atoms with E-state index in [1.807, 2.05) is 0 Å². The second kappa shape index (κ2) is 2.82. The number of aliphatic hydroxyl groups is 1. The molecule has 70 valence electrons. The molecule has 3 heteroatoms. The van der Waals surface area contributed by atoms with Gasteiger partial charge in [-0.2, -0.15) is 0 Å². The lowest BCUT2D eigenvalue weighted by atomic mass is 9.85. The molecule has 0 aromatic carbocycles. The summed E-state index contributed by atoms with van der Waals surface area (Å²) in [7, 11) is 0. The average molecular weight is 282 g/mol. The molecule has 0 amide bonds. The largest absolute Gasteiger partial charge is 0.389 e. The summed E-state index contributed by atoms with van der Waals surface area (Å²) in [4.78, 5) is 0. The number of rotatable bonds is 0. The molecule has 2 fully saturated rings. The molecule has 1 N–H and O–H groups in total. The second-order valence-corrected chi connectivity index (χ2v) is 5.97. The zero-order valence-electron chi connectivity index (χ0n) is 7.46. The lowest BCUT2D eigenvalue weighted by Crippen LogP contribution is -2.49. The molecule has 0 spiro atoms. The van der Waals surface area contributed by atoms with Crippen LogP contribution in [0.2, 0.25) is 0 Å². The fourth-order valence-corrected chi connectivity index (χ4v) is 3.52. The highest BCUT2D eigenvalue weighted by atomic mass is 127. The Kier molecular flexibility index (Phi) is 2.16. The Hall–Kier alpha value is 0.650. The van der Waals surface area contributed by atoms with Gasteiger partial charge in [0.1, 0.15) is 3.61 Å². The van der Waals surface area contributed by atoms with Crippen LogP contribution < -0.4 is 0 Å². The van der Waals surface area contributed by atoms with E-state index in [9.17, 15) is 5.11 Å². The Morgan fingerprint density at radius 3 is 2.75 bits per heavy atom. The van der Waals surface area contributed by atoms with Gasteiger partial charge < -0.3 is 9.84 Å². The first kappa shape index (κ1) is 9.21. The maximum absolute atomic E-state index is 9.96. The van der Waals surface area contributed by atoms with E-state index >= 15 is 0 Å². The van der Waals surface area contributed by atoms with Crippen LogP contribution in [0.25, 0.3) is 0 Å². The molecule has 0 aromatic heterocycles. The lowest BCUT2D eigenvalue weighted by molar-refractivity contribution is -0.139. The third-order valence-corrected chi connectivity index (χ3v) is 4.90. The fourth-order valence-electron chi connectivity index (χ4n) is 2.32. The third kappa shape index (κ3) is 1.13. The number of hydrogen-bond donors (Lipinski definition) is 1. The number of ether oxygens (including phenoxy) is 1. The molecule has 2 aliphatic heterocycles. The molecule has 0 aliphatic carbocycles. The quantitative estimate of drug-likeness (QED) is 0.543. The number of alkyl halides is 1. The van der Waals surface area contributed by atoms with Crippen molar-refractivity contribution < 1.29 is 9.84 Å². The van der Waals surface area contributed by atoms with Gasteiger partial charge in [0.15, 0.2) is 0 Å². The Labute approximate surface area is 86.8 Å². The Balaban J connectivity index is 2.25. The molecule has 2 saturated heterocycles. The van der Waals surface area contributed by atoms with Gasteiger partial charge in [0.25, 0.3) is 0 Å². The lowest BCUT2D eigenvalue weighted by Gasteiger charge is -2.41. The average Bonchev–Trinajstić information content (AvgIpc) is 2.41. The van der Waals surface area contributed by atoms with E-state index in [0.29, 0.717) is 17.9 Å². The van der Waals surface area contributed by atoms with Crippen LogP contribution in [0.5, 0.6) is 0 Å². The van der Waals surface area contributed by atoms with Gasteiger partial charge >= 0.3 is 0 Å². The smallest absolute Gasteiger partial charge is 0.145 e. The summed E-state index contributed by atoms with van der Waals surface area (Å²) in [6, 6.07) is 0. The van der Waals surface area contributed by atoms with Gasteiger partial charge in [-0.25, -0.2) is 0 Å². The zero-order chi connectivity index (χ0) is 8.93. The van der Waals surface area contributed by atoms with Crippen LogP contribution in [0.4, 0.5) is 0 Å². The van der Waals surface area contributed by atoms with Crippen LogP contribution in [-0.4, -0.2) is 20.9 Å². The molecule has 2 aliphatic rings. The highest BCUT2D eigenvalue weighted by Gasteiger charge is 2.53. The van der Waals surface area contributed by atoms with Crippen LogP contribution in [-0.2, 0) is 4.74 Å². The van der Waals surface area contributed by atoms with Crippen LogP contribution in [0.3, 0.4) is 0 Å². The maximum atomic E-state index is 9.96. The Morgan fingerprint density at radius 1 is 1.42 bits per heavy atom. The molecule has 0 aromatic rings. The Bertz CT molecular complexity index is 197. The van der Waals surface area contributed by atoms with E-state index < -0.39 is 0 Å². The fraction of sp³-hybridized carbons (Fsp3) is 1.00. The van der Waals surface area contributed by atoms with Gasteiger partial charge in [0.05, 0.1) is 12.2 Å². The van der Waals surface area contributed by atoms with Gasteiger partial charge in [-0.15, -0.1) is 0 Å². The van der Waals surface area contributed by atoms with E-state index in [1.54, 1.807) is 0 Å². The standard InChI is InChI=1S/C9H15IO2/c1-5-6(2)8(11)9(10)4-3-7(5)12-9/h5-8,11H,3-4H2,1-2H3/t5-,6+,7+,8+,9-/m0/s1. The monoisotopic (exact) mass is 282 g/mol. The summed E-state index contributed by atoms with van der Waals surface area (Å²) < 4.78 is 5.55. The highest BCUT2D eigenvalue weighted by molar-refractivity contribution is 14.1. The van der Waals surface area contributed by atoms with Crippen molar-refractivity contribution in [1.29, 1.82) is 0 Å². The minimum atomic E-state index is -0.285. The van der Waals surface area contributed by atoms with E-state index in [4.69, 9.17) is 4.74 Å². The van der Waals surface area contributed by atoms with E-state index in [0.717, 1.165) is 12.8 Å². The molecular weight excluding hydrogens is 267 g/mol. The van der Waals surface area contributed by atoms with Crippen molar-refractivity contribution in [3.63, 3.8) is 0 Å². The van der Waals surface area contributed by atoms with Crippen molar-refractivity contribution in [1.82, 2.24) is 0 Å². The highest BCUT2D eigenvalue weighted by Crippen LogP contribution is 2.50. The first-order chi connectivity index (χ1) is 5.54. The molecule has 12 heavy (non-hydrogen) atoms. The Morgan fingerprint density at radius 2 is 2.08 bits per heavy atom. The first-order valence-corrected chi connectivity index (χ1v) is 5.67. The van der Waals surface area contributed by atoms with E-state index in [-0.39, 0.29) is 9.71 Å². The van der Waals surface area contributed by atoms with Gasteiger partial charge in [-0.1, -0.05) is 13.8 Å². The predicted molar refractivity (Wildman–Crippen MR) is 55.2 cm³/mol. The van der Waals surface area contributed by atoms with Crippen LogP contribution in [0.15, 0.2) is 0 Å². The summed E-state index contributed by atoms with van der Waals surface area (Å²) >= 11 is 2.27. The van der Waals surface area contributed by atoms with Gasteiger partial charge in [-0.3, -0.25) is 0 Å². The van der Waals surface area contributed by atoms with Crippen molar-refractivity contribution in [3.05, 3.63) is 0 Å². The van der Waals surface area contributed by atoms with Gasteiger partial charge in [0.2, 0.25) is 0 Å². The number of halogens is 1. The molecule has 2 bridgehead atoms. The molecule has 2 rings (SSSR count). The van der Waals surface area contributed by atoms with Crippen molar-refractivity contribution in [2.75, 3.05) is 0 Å². The minimum Gasteiger partial charge on any atom is -0.389 e. The van der Waals surface area contributed by atoms with Crippen LogP contribution in [0.1, 0.15) is 26.7 Å². The third-order valence-electron chi connectivity index (χ3n) is 3.47. The van der Waals surface area contributed by atoms with Crippen LogP contribution in [0, 0.1) is 11.8 Å². The SMILES string of the molecule is C[C@@H]1[C@H](C)[C@H]2CC[C@](I)(O2)[C@@H]1O. The topological polar surface area (TPSA) is 29.5 Å². The first-order valence-electron chi connectivity index (χ1n) is 4.59. The van der Waals surface area contributed by atoms with Crippen LogP contribution >= 0.6 is 22.6 Å². The second-order valence-electron chi connectivity index (χ2n) is 4.14. The predicted octanol–water partition coefficient (Wildman–Crippen LogP) is 1.94. The summed E-state index contributed by atoms with van der Waals surface area (Å²) in [5.74, 6) is 0.883. The molecule has 5 atom stereocenters. The van der Waals surface area contributed by atoms with E-state index in [1.165, 1.54) is 0 Å². The molecule has 2 nitrogen and oxygen atoms in total. The van der Waals surface area contributed by atoms with Gasteiger partial charge in [0, 0.05) is 0 Å². The molecule has 0 saturated carbocycles. The number of hydrogen-bond acceptors (Lipinski definition) is 2. The molecule has 2 heterocycles. The molecule has 0 radical (unpaired) electrons. The molecule has 0 unspecified atom stereocenters. The van der Waals surface area contributed by atoms with E-state index in [2.05, 4.69) is 36.4 Å². The summed E-state index contributed by atoms with van der Waals surface area (Å²) in [6.07, 6.45) is 2.23. The normalized spacial score (nSPS) is 59.0. The van der Waals surface area contributed by atoms with Gasteiger partial charge in [-0.05, 0) is 47.3 Å². The summed E-state index contributed by atoms with van der Waals surface area (Å²) in [5, 5.41) is 9.96. The maximum Gasteiger partial charge on any atom is 0.145 e. The minimum absolute atomic E-state index is 0.269. The number of fused-ring (bicyclic) bond motifs is 2.